The third-order valence-corrected chi connectivity index (χ3v) is 4.94. The molecular formula is C13H26BrN. The average Bonchev–Trinajstić information content (AvgIpc) is 2.21. The van der Waals surface area contributed by atoms with Crippen molar-refractivity contribution < 1.29 is 0 Å². The van der Waals surface area contributed by atoms with Gasteiger partial charge in [-0.15, -0.1) is 0 Å². The highest BCUT2D eigenvalue weighted by molar-refractivity contribution is 9.09. The molecule has 1 aliphatic rings. The normalized spacial score (nSPS) is 20.8. The van der Waals surface area contributed by atoms with E-state index in [9.17, 15) is 0 Å². The summed E-state index contributed by atoms with van der Waals surface area (Å²) < 4.78 is 0. The fourth-order valence-corrected chi connectivity index (χ4v) is 2.67. The second kappa shape index (κ2) is 6.24. The van der Waals surface area contributed by atoms with E-state index in [1.165, 1.54) is 45.3 Å². The molecule has 0 aromatic carbocycles. The molecule has 0 amide bonds. The lowest BCUT2D eigenvalue weighted by Gasteiger charge is -2.36. The number of piperidine rings is 1. The van der Waals surface area contributed by atoms with Gasteiger partial charge in [0.1, 0.15) is 0 Å². The van der Waals surface area contributed by atoms with E-state index in [0.717, 1.165) is 11.2 Å². The molecule has 0 aromatic rings. The number of alkyl halides is 1. The van der Waals surface area contributed by atoms with Gasteiger partial charge in [0.05, 0.1) is 0 Å². The van der Waals surface area contributed by atoms with Gasteiger partial charge in [-0.05, 0) is 37.3 Å². The van der Waals surface area contributed by atoms with Crippen LogP contribution >= 0.6 is 15.9 Å². The first-order valence-corrected chi connectivity index (χ1v) is 7.48. The maximum atomic E-state index is 3.61. The molecule has 0 aromatic heterocycles. The molecule has 1 rings (SSSR count). The van der Waals surface area contributed by atoms with E-state index in [1.807, 2.05) is 0 Å². The molecule has 0 atom stereocenters. The molecule has 0 N–H and O–H groups in total. The smallest absolute Gasteiger partial charge is 0.00949 e. The van der Waals surface area contributed by atoms with Gasteiger partial charge in [-0.2, -0.15) is 0 Å². The molecule has 1 nitrogen and oxygen atoms in total. The fourth-order valence-electron chi connectivity index (χ4n) is 2.49. The van der Waals surface area contributed by atoms with E-state index < -0.39 is 0 Å². The standard InChI is InChI=1S/C13H26BrN/c1-4-5-12-6-8-15(9-7-12)11-13(2,3)10-14/h12H,4-11H2,1-3H3. The van der Waals surface area contributed by atoms with Crippen LogP contribution in [-0.2, 0) is 0 Å². The Morgan fingerprint density at radius 1 is 1.27 bits per heavy atom. The van der Waals surface area contributed by atoms with Crippen LogP contribution in [0.15, 0.2) is 0 Å². The van der Waals surface area contributed by atoms with Crippen LogP contribution in [-0.4, -0.2) is 29.9 Å². The second-order valence-electron chi connectivity index (χ2n) is 5.81. The molecule has 0 spiro atoms. The maximum Gasteiger partial charge on any atom is 0.00949 e. The lowest BCUT2D eigenvalue weighted by molar-refractivity contribution is 0.135. The van der Waals surface area contributed by atoms with E-state index in [2.05, 4.69) is 41.6 Å². The minimum atomic E-state index is 0.428. The Kier molecular flexibility index (Phi) is 5.62. The molecule has 90 valence electrons. The van der Waals surface area contributed by atoms with Gasteiger partial charge in [0, 0.05) is 11.9 Å². The van der Waals surface area contributed by atoms with Gasteiger partial charge >= 0.3 is 0 Å². The molecule has 2 heteroatoms. The molecule has 1 saturated heterocycles. The summed E-state index contributed by atoms with van der Waals surface area (Å²) >= 11 is 3.61. The van der Waals surface area contributed by atoms with E-state index in [0.29, 0.717) is 5.41 Å². The fraction of sp³-hybridized carbons (Fsp3) is 1.00. The summed E-state index contributed by atoms with van der Waals surface area (Å²) in [6.07, 6.45) is 5.64. The SMILES string of the molecule is CCCC1CCN(CC(C)(C)CBr)CC1. The van der Waals surface area contributed by atoms with Crippen LogP contribution in [0.25, 0.3) is 0 Å². The Bertz CT molecular complexity index is 171. The Morgan fingerprint density at radius 2 is 1.87 bits per heavy atom. The van der Waals surface area contributed by atoms with E-state index in [1.54, 1.807) is 0 Å². The van der Waals surface area contributed by atoms with E-state index >= 15 is 0 Å². The van der Waals surface area contributed by atoms with Crippen molar-refractivity contribution in [2.45, 2.75) is 46.5 Å². The molecule has 0 saturated carbocycles. The van der Waals surface area contributed by atoms with Gasteiger partial charge in [-0.25, -0.2) is 0 Å². The zero-order valence-corrected chi connectivity index (χ0v) is 12.1. The lowest BCUT2D eigenvalue weighted by atomic mass is 9.90. The van der Waals surface area contributed by atoms with Crippen LogP contribution in [0.4, 0.5) is 0 Å². The van der Waals surface area contributed by atoms with Crippen LogP contribution in [0, 0.1) is 11.3 Å². The van der Waals surface area contributed by atoms with Crippen LogP contribution in [0.2, 0.25) is 0 Å². The van der Waals surface area contributed by atoms with Crippen molar-refractivity contribution in [2.24, 2.45) is 11.3 Å². The molecular weight excluding hydrogens is 250 g/mol. The van der Waals surface area contributed by atoms with E-state index in [4.69, 9.17) is 0 Å². The first-order chi connectivity index (χ1) is 7.07. The Balaban J connectivity index is 2.25. The Labute approximate surface area is 104 Å². The quantitative estimate of drug-likeness (QED) is 0.688. The van der Waals surface area contributed by atoms with Crippen LogP contribution in [0.5, 0.6) is 0 Å². The largest absolute Gasteiger partial charge is 0.303 e. The van der Waals surface area contributed by atoms with Crippen LogP contribution in [0.1, 0.15) is 46.5 Å². The lowest BCUT2D eigenvalue weighted by Crippen LogP contribution is -2.40. The predicted molar refractivity (Wildman–Crippen MR) is 71.6 cm³/mol. The molecule has 15 heavy (non-hydrogen) atoms. The van der Waals surface area contributed by atoms with Crippen molar-refractivity contribution in [3.63, 3.8) is 0 Å². The first-order valence-electron chi connectivity index (χ1n) is 6.35. The summed E-state index contributed by atoms with van der Waals surface area (Å²) in [4.78, 5) is 2.65. The zero-order valence-electron chi connectivity index (χ0n) is 10.6. The average molecular weight is 276 g/mol. The van der Waals surface area contributed by atoms with E-state index in [-0.39, 0.29) is 0 Å². The molecule has 0 unspecified atom stereocenters. The first kappa shape index (κ1) is 13.5. The molecule has 1 heterocycles. The summed E-state index contributed by atoms with van der Waals surface area (Å²) in [5.74, 6) is 1.01. The zero-order chi connectivity index (χ0) is 11.3. The van der Waals surface area contributed by atoms with Crippen LogP contribution in [0.3, 0.4) is 0 Å². The van der Waals surface area contributed by atoms with Gasteiger partial charge in [-0.3, -0.25) is 0 Å². The van der Waals surface area contributed by atoms with Crippen molar-refractivity contribution in [1.29, 1.82) is 0 Å². The summed E-state index contributed by atoms with van der Waals surface area (Å²) in [6, 6.07) is 0. The summed E-state index contributed by atoms with van der Waals surface area (Å²) in [7, 11) is 0. The van der Waals surface area contributed by atoms with Crippen molar-refractivity contribution >= 4 is 15.9 Å². The highest BCUT2D eigenvalue weighted by Gasteiger charge is 2.24. The van der Waals surface area contributed by atoms with Gasteiger partial charge in [0.2, 0.25) is 0 Å². The van der Waals surface area contributed by atoms with Gasteiger partial charge in [-0.1, -0.05) is 49.5 Å². The third-order valence-electron chi connectivity index (χ3n) is 3.42. The van der Waals surface area contributed by atoms with Crippen LogP contribution < -0.4 is 0 Å². The van der Waals surface area contributed by atoms with Crippen molar-refractivity contribution in [2.75, 3.05) is 25.0 Å². The molecule has 1 aliphatic heterocycles. The maximum absolute atomic E-state index is 3.61. The number of likely N-dealkylation sites (tertiary alicyclic amines) is 1. The summed E-state index contributed by atoms with van der Waals surface area (Å²) in [6.45, 7) is 10.9. The molecule has 0 radical (unpaired) electrons. The van der Waals surface area contributed by atoms with Gasteiger partial charge < -0.3 is 4.90 Å². The monoisotopic (exact) mass is 275 g/mol. The summed E-state index contributed by atoms with van der Waals surface area (Å²) in [5, 5.41) is 1.11. The minimum absolute atomic E-state index is 0.428. The van der Waals surface area contributed by atoms with Gasteiger partial charge in [0.25, 0.3) is 0 Å². The summed E-state index contributed by atoms with van der Waals surface area (Å²) in [5.41, 5.74) is 0.428. The highest BCUT2D eigenvalue weighted by atomic mass is 79.9. The molecule has 0 aliphatic carbocycles. The number of hydrogen-bond acceptors (Lipinski definition) is 1. The topological polar surface area (TPSA) is 3.24 Å². The van der Waals surface area contributed by atoms with Gasteiger partial charge in [0.15, 0.2) is 0 Å². The number of rotatable bonds is 5. The van der Waals surface area contributed by atoms with Crippen molar-refractivity contribution in [1.82, 2.24) is 4.90 Å². The van der Waals surface area contributed by atoms with Crippen molar-refractivity contribution in [3.05, 3.63) is 0 Å². The minimum Gasteiger partial charge on any atom is -0.303 e. The number of hydrogen-bond donors (Lipinski definition) is 0. The second-order valence-corrected chi connectivity index (χ2v) is 6.37. The molecule has 1 fully saturated rings. The Morgan fingerprint density at radius 3 is 2.33 bits per heavy atom. The number of nitrogens with zero attached hydrogens (tertiary/aromatic N) is 1. The number of halogens is 1. The predicted octanol–water partition coefficient (Wildman–Crippen LogP) is 3.92. The Hall–Kier alpha value is 0.440. The third kappa shape index (κ3) is 4.86. The highest BCUT2D eigenvalue weighted by Crippen LogP contribution is 2.26. The molecule has 0 bridgehead atoms. The van der Waals surface area contributed by atoms with Crippen molar-refractivity contribution in [3.8, 4) is 0 Å².